The van der Waals surface area contributed by atoms with Crippen LogP contribution in [-0.2, 0) is 19.1 Å². The molecule has 2 aromatic rings. The highest BCUT2D eigenvalue weighted by Crippen LogP contribution is 2.46. The molecule has 1 aromatic heterocycles. The van der Waals surface area contributed by atoms with Crippen LogP contribution in [0.2, 0.25) is 0 Å². The van der Waals surface area contributed by atoms with Gasteiger partial charge < -0.3 is 19.9 Å². The van der Waals surface area contributed by atoms with Gasteiger partial charge in [0.2, 0.25) is 0 Å². The number of esters is 1. The molecule has 1 aliphatic heterocycles. The summed E-state index contributed by atoms with van der Waals surface area (Å²) in [6.45, 7) is 4.70. The zero-order valence-corrected chi connectivity index (χ0v) is 19.0. The van der Waals surface area contributed by atoms with Crippen molar-refractivity contribution in [1.82, 2.24) is 5.32 Å². The Kier molecular flexibility index (Phi) is 6.77. The molecule has 7 heteroatoms. The molecule has 0 saturated carbocycles. The minimum atomic E-state index is -0.588. The van der Waals surface area contributed by atoms with Crippen molar-refractivity contribution in [2.75, 3.05) is 19.8 Å². The number of allylic oxidation sites excluding steroid dienone is 3. The average molecular weight is 454 g/mol. The van der Waals surface area contributed by atoms with Crippen LogP contribution in [-0.4, -0.2) is 36.7 Å². The van der Waals surface area contributed by atoms with Gasteiger partial charge in [-0.3, -0.25) is 4.79 Å². The number of phenolic OH excluding ortho intramolecular Hbond substituents is 1. The van der Waals surface area contributed by atoms with Gasteiger partial charge in [0.1, 0.15) is 12.4 Å². The Morgan fingerprint density at radius 3 is 2.78 bits per heavy atom. The van der Waals surface area contributed by atoms with E-state index in [1.807, 2.05) is 31.4 Å². The van der Waals surface area contributed by atoms with Crippen molar-refractivity contribution in [1.29, 1.82) is 0 Å². The van der Waals surface area contributed by atoms with E-state index in [1.165, 1.54) is 4.88 Å². The molecule has 0 bridgehead atoms. The second-order valence-corrected chi connectivity index (χ2v) is 8.94. The smallest absolute Gasteiger partial charge is 0.336 e. The first kappa shape index (κ1) is 22.3. The molecule has 2 N–H and O–H groups in total. The number of ether oxygens (including phenoxy) is 2. The molecule has 0 fully saturated rings. The number of rotatable bonds is 7. The summed E-state index contributed by atoms with van der Waals surface area (Å²) in [7, 11) is 0. The zero-order chi connectivity index (χ0) is 22.7. The molecular formula is C25H27NO5S. The van der Waals surface area contributed by atoms with Crippen molar-refractivity contribution in [3.63, 3.8) is 0 Å². The van der Waals surface area contributed by atoms with E-state index in [0.29, 0.717) is 48.5 Å². The number of ketones is 1. The summed E-state index contributed by atoms with van der Waals surface area (Å²) in [5, 5.41) is 15.5. The van der Waals surface area contributed by atoms with Crippen LogP contribution in [0.25, 0.3) is 0 Å². The van der Waals surface area contributed by atoms with Gasteiger partial charge in [0.25, 0.3) is 0 Å². The van der Waals surface area contributed by atoms with Crippen molar-refractivity contribution < 1.29 is 24.2 Å². The van der Waals surface area contributed by atoms with Crippen molar-refractivity contribution in [2.24, 2.45) is 0 Å². The predicted molar refractivity (Wildman–Crippen MR) is 122 cm³/mol. The predicted octanol–water partition coefficient (Wildman–Crippen LogP) is 4.40. The number of thiophene rings is 1. The number of hydrogen-bond donors (Lipinski definition) is 2. The normalized spacial score (nSPS) is 20.8. The number of Topliss-reactive ketones (excluding diaryl/α,β-unsaturated/α-hetero) is 1. The van der Waals surface area contributed by atoms with Crippen molar-refractivity contribution in [2.45, 2.75) is 38.5 Å². The maximum Gasteiger partial charge on any atom is 0.336 e. The van der Waals surface area contributed by atoms with E-state index in [-0.39, 0.29) is 24.1 Å². The SMILES string of the molecule is CCOCCOC(=O)C1=C(C)NC2=C(C(=O)C[C@@H](c3cccs3)C2)[C@@H]1c1cccc(O)c1. The van der Waals surface area contributed by atoms with E-state index in [2.05, 4.69) is 11.4 Å². The fourth-order valence-corrected chi connectivity index (χ4v) is 5.32. The summed E-state index contributed by atoms with van der Waals surface area (Å²) < 4.78 is 10.7. The van der Waals surface area contributed by atoms with E-state index < -0.39 is 11.9 Å². The van der Waals surface area contributed by atoms with Gasteiger partial charge in [-0.05, 0) is 49.4 Å². The fourth-order valence-electron chi connectivity index (χ4n) is 4.49. The number of carbonyl (C=O) groups is 2. The number of phenols is 1. The zero-order valence-electron chi connectivity index (χ0n) is 18.2. The van der Waals surface area contributed by atoms with Crippen molar-refractivity contribution in [3.8, 4) is 5.75 Å². The lowest BCUT2D eigenvalue weighted by Crippen LogP contribution is -2.36. The Bertz CT molecular complexity index is 1070. The van der Waals surface area contributed by atoms with E-state index in [4.69, 9.17) is 9.47 Å². The Hall–Kier alpha value is -2.90. The highest BCUT2D eigenvalue weighted by atomic mass is 32.1. The average Bonchev–Trinajstić information content (AvgIpc) is 3.30. The number of nitrogens with one attached hydrogen (secondary N) is 1. The molecule has 4 rings (SSSR count). The molecule has 0 saturated heterocycles. The van der Waals surface area contributed by atoms with Crippen LogP contribution < -0.4 is 5.32 Å². The number of carbonyl (C=O) groups excluding carboxylic acids is 2. The number of dihydropyridines is 1. The van der Waals surface area contributed by atoms with Gasteiger partial charge in [0.15, 0.2) is 5.78 Å². The molecule has 0 amide bonds. The van der Waals surface area contributed by atoms with Gasteiger partial charge in [0, 0.05) is 46.7 Å². The summed E-state index contributed by atoms with van der Waals surface area (Å²) in [4.78, 5) is 27.7. The first-order valence-electron chi connectivity index (χ1n) is 10.8. The van der Waals surface area contributed by atoms with Gasteiger partial charge in [-0.2, -0.15) is 0 Å². The molecule has 6 nitrogen and oxygen atoms in total. The third-order valence-electron chi connectivity index (χ3n) is 5.86. The van der Waals surface area contributed by atoms with Crippen LogP contribution >= 0.6 is 11.3 Å². The minimum absolute atomic E-state index is 0.0117. The highest BCUT2D eigenvalue weighted by molar-refractivity contribution is 7.10. The summed E-state index contributed by atoms with van der Waals surface area (Å²) in [6.07, 6.45) is 1.09. The lowest BCUT2D eigenvalue weighted by molar-refractivity contribution is -0.140. The molecule has 0 unspecified atom stereocenters. The number of aromatic hydroxyl groups is 1. The van der Waals surface area contributed by atoms with Crippen LogP contribution in [0.1, 0.15) is 49.0 Å². The second kappa shape index (κ2) is 9.71. The largest absolute Gasteiger partial charge is 0.508 e. The molecule has 32 heavy (non-hydrogen) atoms. The molecule has 2 heterocycles. The summed E-state index contributed by atoms with van der Waals surface area (Å²) in [5.74, 6) is -0.856. The summed E-state index contributed by atoms with van der Waals surface area (Å²) in [5.41, 5.74) is 3.19. The van der Waals surface area contributed by atoms with Gasteiger partial charge in [-0.15, -0.1) is 11.3 Å². The fraction of sp³-hybridized carbons (Fsp3) is 0.360. The third kappa shape index (κ3) is 4.49. The standard InChI is InChI=1S/C25H27NO5S/c1-3-30-9-10-31-25(29)22-15(2)26-19-13-17(21-8-5-11-32-21)14-20(28)24(19)23(22)16-6-4-7-18(27)12-16/h4-8,11-12,17,23,26-27H,3,9-10,13-14H2,1-2H3/t17-,23+/m0/s1. The van der Waals surface area contributed by atoms with E-state index in [0.717, 1.165) is 5.70 Å². The van der Waals surface area contributed by atoms with Gasteiger partial charge in [-0.1, -0.05) is 18.2 Å². The topological polar surface area (TPSA) is 84.9 Å². The molecule has 2 atom stereocenters. The van der Waals surface area contributed by atoms with Crippen LogP contribution in [0.3, 0.4) is 0 Å². The highest BCUT2D eigenvalue weighted by Gasteiger charge is 2.41. The van der Waals surface area contributed by atoms with Gasteiger partial charge >= 0.3 is 5.97 Å². The monoisotopic (exact) mass is 453 g/mol. The first-order valence-corrected chi connectivity index (χ1v) is 11.7. The number of benzene rings is 1. The molecular weight excluding hydrogens is 426 g/mol. The van der Waals surface area contributed by atoms with Crippen LogP contribution in [0.15, 0.2) is 64.3 Å². The van der Waals surface area contributed by atoms with Crippen LogP contribution in [0.4, 0.5) is 0 Å². The van der Waals surface area contributed by atoms with E-state index in [1.54, 1.807) is 29.5 Å². The third-order valence-corrected chi connectivity index (χ3v) is 6.90. The van der Waals surface area contributed by atoms with E-state index in [9.17, 15) is 14.7 Å². The van der Waals surface area contributed by atoms with Crippen molar-refractivity contribution in [3.05, 3.63) is 74.8 Å². The molecule has 0 spiro atoms. The summed E-state index contributed by atoms with van der Waals surface area (Å²) in [6, 6.07) is 10.8. The number of hydrogen-bond acceptors (Lipinski definition) is 7. The molecule has 1 aromatic carbocycles. The molecule has 168 valence electrons. The maximum atomic E-state index is 13.4. The van der Waals surface area contributed by atoms with Crippen LogP contribution in [0.5, 0.6) is 5.75 Å². The molecule has 2 aliphatic rings. The molecule has 1 aliphatic carbocycles. The Labute approximate surface area is 191 Å². The maximum absolute atomic E-state index is 13.4. The lowest BCUT2D eigenvalue weighted by Gasteiger charge is -2.36. The second-order valence-electron chi connectivity index (χ2n) is 7.96. The Balaban J connectivity index is 1.71. The van der Waals surface area contributed by atoms with Crippen molar-refractivity contribution >= 4 is 23.1 Å². The minimum Gasteiger partial charge on any atom is -0.508 e. The van der Waals surface area contributed by atoms with Gasteiger partial charge in [-0.25, -0.2) is 4.79 Å². The lowest BCUT2D eigenvalue weighted by atomic mass is 9.72. The molecule has 0 radical (unpaired) electrons. The van der Waals surface area contributed by atoms with Crippen LogP contribution in [0, 0.1) is 0 Å². The Morgan fingerprint density at radius 1 is 1.22 bits per heavy atom. The Morgan fingerprint density at radius 2 is 2.06 bits per heavy atom. The van der Waals surface area contributed by atoms with Gasteiger partial charge in [0.05, 0.1) is 12.2 Å². The van der Waals surface area contributed by atoms with E-state index >= 15 is 0 Å². The quantitative estimate of drug-likeness (QED) is 0.478. The summed E-state index contributed by atoms with van der Waals surface area (Å²) >= 11 is 1.66. The first-order chi connectivity index (χ1) is 15.5.